The third-order valence-electron chi connectivity index (χ3n) is 6.84. The van der Waals surface area contributed by atoms with Crippen molar-refractivity contribution in [2.75, 3.05) is 0 Å². The molecule has 8 nitrogen and oxygen atoms in total. The van der Waals surface area contributed by atoms with Crippen molar-refractivity contribution in [1.29, 1.82) is 0 Å². The first-order valence-electron chi connectivity index (χ1n) is 12.5. The number of rotatable bonds is 9. The highest BCUT2D eigenvalue weighted by molar-refractivity contribution is 5.80. The van der Waals surface area contributed by atoms with Crippen molar-refractivity contribution in [2.45, 2.75) is 51.6 Å². The largest absolute Gasteiger partial charge is 0.328 e. The van der Waals surface area contributed by atoms with E-state index in [0.717, 1.165) is 59.3 Å². The van der Waals surface area contributed by atoms with E-state index in [-0.39, 0.29) is 0 Å². The van der Waals surface area contributed by atoms with Gasteiger partial charge in [-0.3, -0.25) is 5.21 Å². The van der Waals surface area contributed by atoms with Gasteiger partial charge in [0.15, 0.2) is 5.82 Å². The summed E-state index contributed by atoms with van der Waals surface area (Å²) in [7, 11) is 0. The van der Waals surface area contributed by atoms with Crippen LogP contribution in [0.4, 0.5) is 0 Å². The van der Waals surface area contributed by atoms with Gasteiger partial charge in [-0.25, -0.2) is 15.1 Å². The highest BCUT2D eigenvalue weighted by Gasteiger charge is 2.39. The SMILES string of the molecule is CCCCC1(c2nccn2Cc2ccc(-c3ccccc3-c3nnn[nH]3)cc2)C=CC(CC)=CN1O. The first-order valence-corrected chi connectivity index (χ1v) is 12.5. The second-order valence-electron chi connectivity index (χ2n) is 9.13. The number of imidazole rings is 1. The topological polar surface area (TPSA) is 95.8 Å². The monoisotopic (exact) mass is 481 g/mol. The lowest BCUT2D eigenvalue weighted by molar-refractivity contribution is -0.125. The van der Waals surface area contributed by atoms with Gasteiger partial charge < -0.3 is 4.57 Å². The standard InChI is InChI=1S/C28H31N7O/c1-3-5-15-28(16-14-21(4-2)20-35(28)36)27-29-17-18-34(27)19-22-10-12-23(13-11-22)24-8-6-7-9-25(24)26-30-32-33-31-26/h6-14,16-18,20,36H,3-5,15,19H2,1-2H3,(H,30,31,32,33). The predicted molar refractivity (Wildman–Crippen MR) is 139 cm³/mol. The minimum Gasteiger partial charge on any atom is -0.328 e. The van der Waals surface area contributed by atoms with Gasteiger partial charge in [0.1, 0.15) is 11.4 Å². The Morgan fingerprint density at radius 3 is 2.53 bits per heavy atom. The Bertz CT molecular complexity index is 1350. The average Bonchev–Trinajstić information content (AvgIpc) is 3.62. The molecule has 1 atom stereocenters. The van der Waals surface area contributed by atoms with Gasteiger partial charge in [0.05, 0.1) is 0 Å². The zero-order valence-electron chi connectivity index (χ0n) is 20.7. The molecule has 2 aromatic heterocycles. The Labute approximate surface area is 211 Å². The molecule has 1 unspecified atom stereocenters. The summed E-state index contributed by atoms with van der Waals surface area (Å²) in [4.78, 5) is 4.73. The number of hydroxylamine groups is 2. The van der Waals surface area contributed by atoms with Crippen molar-refractivity contribution in [2.24, 2.45) is 0 Å². The van der Waals surface area contributed by atoms with Gasteiger partial charge in [0.2, 0.25) is 0 Å². The van der Waals surface area contributed by atoms with Crippen LogP contribution in [0.2, 0.25) is 0 Å². The number of aromatic amines is 1. The minimum absolute atomic E-state index is 0.643. The number of nitrogens with zero attached hydrogens (tertiary/aromatic N) is 6. The number of hydrogen-bond acceptors (Lipinski definition) is 6. The molecular weight excluding hydrogens is 450 g/mol. The molecule has 1 aliphatic heterocycles. The van der Waals surface area contributed by atoms with Crippen LogP contribution in [-0.2, 0) is 12.1 Å². The zero-order valence-corrected chi connectivity index (χ0v) is 20.7. The van der Waals surface area contributed by atoms with Crippen molar-refractivity contribution in [3.8, 4) is 22.5 Å². The van der Waals surface area contributed by atoms with E-state index in [4.69, 9.17) is 4.98 Å². The molecule has 0 fully saturated rings. The number of allylic oxidation sites excluding steroid dienone is 2. The molecule has 4 aromatic rings. The van der Waals surface area contributed by atoms with Gasteiger partial charge in [0, 0.05) is 30.7 Å². The van der Waals surface area contributed by atoms with Crippen LogP contribution in [0.5, 0.6) is 0 Å². The van der Waals surface area contributed by atoms with Gasteiger partial charge in [-0.1, -0.05) is 81.3 Å². The minimum atomic E-state index is -0.678. The van der Waals surface area contributed by atoms with Crippen LogP contribution in [0.1, 0.15) is 50.9 Å². The number of H-pyrrole nitrogens is 1. The first kappa shape index (κ1) is 23.7. The zero-order chi connectivity index (χ0) is 25.0. The molecule has 2 aromatic carbocycles. The average molecular weight is 482 g/mol. The molecule has 0 saturated heterocycles. The van der Waals surface area contributed by atoms with Crippen molar-refractivity contribution in [3.63, 3.8) is 0 Å². The van der Waals surface area contributed by atoms with E-state index in [1.807, 2.05) is 36.8 Å². The molecule has 36 heavy (non-hydrogen) atoms. The van der Waals surface area contributed by atoms with Crippen molar-refractivity contribution in [3.05, 3.63) is 96.2 Å². The molecule has 2 N–H and O–H groups in total. The summed E-state index contributed by atoms with van der Waals surface area (Å²) >= 11 is 0. The summed E-state index contributed by atoms with van der Waals surface area (Å²) in [6.45, 7) is 4.91. The van der Waals surface area contributed by atoms with Crippen LogP contribution >= 0.6 is 0 Å². The molecule has 0 saturated carbocycles. The highest BCUT2D eigenvalue weighted by Crippen LogP contribution is 2.38. The van der Waals surface area contributed by atoms with Crippen LogP contribution in [0.3, 0.4) is 0 Å². The lowest BCUT2D eigenvalue weighted by Crippen LogP contribution is -2.43. The number of nitrogens with one attached hydrogen (secondary N) is 1. The Balaban J connectivity index is 1.43. The highest BCUT2D eigenvalue weighted by atomic mass is 16.5. The van der Waals surface area contributed by atoms with Crippen molar-refractivity contribution in [1.82, 2.24) is 35.2 Å². The fourth-order valence-electron chi connectivity index (χ4n) is 4.80. The Morgan fingerprint density at radius 2 is 1.83 bits per heavy atom. The van der Waals surface area contributed by atoms with Crippen LogP contribution < -0.4 is 0 Å². The summed E-state index contributed by atoms with van der Waals surface area (Å²) in [6.07, 6.45) is 13.6. The molecule has 5 rings (SSSR count). The van der Waals surface area contributed by atoms with E-state index in [0.29, 0.717) is 12.4 Å². The third-order valence-corrected chi connectivity index (χ3v) is 6.84. The van der Waals surface area contributed by atoms with Gasteiger partial charge in [-0.15, -0.1) is 5.10 Å². The number of aromatic nitrogens is 6. The molecule has 3 heterocycles. The third kappa shape index (κ3) is 4.47. The summed E-state index contributed by atoms with van der Waals surface area (Å²) in [6, 6.07) is 16.6. The number of hydrogen-bond donors (Lipinski definition) is 2. The maximum absolute atomic E-state index is 11.1. The summed E-state index contributed by atoms with van der Waals surface area (Å²) in [5, 5.41) is 26.8. The Hall–Kier alpha value is -4.04. The number of unbranched alkanes of at least 4 members (excludes halogenated alkanes) is 1. The van der Waals surface area contributed by atoms with Crippen LogP contribution in [0.25, 0.3) is 22.5 Å². The maximum Gasteiger partial charge on any atom is 0.180 e. The first-order chi connectivity index (χ1) is 17.6. The molecule has 184 valence electrons. The van der Waals surface area contributed by atoms with Crippen molar-refractivity contribution >= 4 is 0 Å². The number of benzene rings is 2. The molecule has 0 bridgehead atoms. The summed E-state index contributed by atoms with van der Waals surface area (Å²) < 4.78 is 2.14. The quantitative estimate of drug-likeness (QED) is 0.317. The predicted octanol–water partition coefficient (Wildman–Crippen LogP) is 5.72. The van der Waals surface area contributed by atoms with Crippen LogP contribution in [0.15, 0.2) is 84.8 Å². The van der Waals surface area contributed by atoms with Crippen LogP contribution in [0, 0.1) is 0 Å². The molecule has 0 spiro atoms. The second kappa shape index (κ2) is 10.3. The van der Waals surface area contributed by atoms with Gasteiger partial charge >= 0.3 is 0 Å². The van der Waals surface area contributed by atoms with E-state index < -0.39 is 5.54 Å². The normalized spacial score (nSPS) is 17.4. The fourth-order valence-corrected chi connectivity index (χ4v) is 4.80. The maximum atomic E-state index is 11.1. The van der Waals surface area contributed by atoms with E-state index in [2.05, 4.69) is 81.5 Å². The molecule has 1 aliphatic rings. The molecule has 8 heteroatoms. The van der Waals surface area contributed by atoms with E-state index >= 15 is 0 Å². The summed E-state index contributed by atoms with van der Waals surface area (Å²) in [5.74, 6) is 1.48. The fraction of sp³-hybridized carbons (Fsp3) is 0.286. The van der Waals surface area contributed by atoms with Gasteiger partial charge in [-0.05, 0) is 51.6 Å². The Kier molecular flexibility index (Phi) is 6.77. The molecule has 0 radical (unpaired) electrons. The summed E-state index contributed by atoms with van der Waals surface area (Å²) in [5.41, 5.74) is 4.67. The van der Waals surface area contributed by atoms with Gasteiger partial charge in [-0.2, -0.15) is 0 Å². The smallest absolute Gasteiger partial charge is 0.180 e. The van der Waals surface area contributed by atoms with Crippen molar-refractivity contribution < 1.29 is 5.21 Å². The Morgan fingerprint density at radius 1 is 1.03 bits per heavy atom. The lowest BCUT2D eigenvalue weighted by atomic mass is 9.87. The molecular formula is C28H31N7O. The van der Waals surface area contributed by atoms with Gasteiger partial charge in [0.25, 0.3) is 0 Å². The van der Waals surface area contributed by atoms with E-state index in [1.54, 1.807) is 0 Å². The van der Waals surface area contributed by atoms with E-state index in [1.165, 1.54) is 5.06 Å². The molecule has 0 aliphatic carbocycles. The number of tetrazole rings is 1. The lowest BCUT2D eigenvalue weighted by Gasteiger charge is -2.39. The second-order valence-corrected chi connectivity index (χ2v) is 9.13. The molecule has 0 amide bonds. The van der Waals surface area contributed by atoms with Crippen LogP contribution in [-0.4, -0.2) is 40.4 Å². The van der Waals surface area contributed by atoms with E-state index in [9.17, 15) is 5.21 Å².